The average molecular weight is 225 g/mol. The van der Waals surface area contributed by atoms with Gasteiger partial charge in [-0.2, -0.15) is 0 Å². The maximum absolute atomic E-state index is 11.4. The Balaban J connectivity index is 2.13. The smallest absolute Gasteiger partial charge is 0.219 e. The van der Waals surface area contributed by atoms with Gasteiger partial charge in [-0.15, -0.1) is 0 Å². The minimum absolute atomic E-state index is 0.259. The molecule has 1 heterocycles. The predicted molar refractivity (Wildman–Crippen MR) is 68.4 cm³/mol. The maximum atomic E-state index is 11.4. The molecule has 0 aliphatic carbocycles. The van der Waals surface area contributed by atoms with E-state index >= 15 is 0 Å². The van der Waals surface area contributed by atoms with Gasteiger partial charge in [-0.05, 0) is 12.8 Å². The Kier molecular flexibility index (Phi) is 8.19. The largest absolute Gasteiger partial charge is 0.356 e. The first kappa shape index (κ1) is 13.5. The number of carbonyl (C=O) groups excluding carboxylic acids is 1. The maximum Gasteiger partial charge on any atom is 0.219 e. The van der Waals surface area contributed by atoms with Crippen molar-refractivity contribution in [2.24, 2.45) is 0 Å². The number of nitrogens with one attached hydrogen (secondary N) is 1. The van der Waals surface area contributed by atoms with Crippen LogP contribution in [0.4, 0.5) is 0 Å². The number of hydrogen-bond donors (Lipinski definition) is 1. The molecular weight excluding hydrogens is 198 g/mol. The zero-order chi connectivity index (χ0) is 11.5. The van der Waals surface area contributed by atoms with Crippen LogP contribution in [0.1, 0.15) is 77.0 Å². The van der Waals surface area contributed by atoms with Crippen molar-refractivity contribution in [3.05, 3.63) is 0 Å². The number of amides is 1. The summed E-state index contributed by atoms with van der Waals surface area (Å²) >= 11 is 0. The molecule has 0 aromatic heterocycles. The van der Waals surface area contributed by atoms with E-state index in [-0.39, 0.29) is 5.91 Å². The van der Waals surface area contributed by atoms with Crippen LogP contribution in [0, 0.1) is 0 Å². The van der Waals surface area contributed by atoms with Crippen molar-refractivity contribution in [2.45, 2.75) is 77.0 Å². The van der Waals surface area contributed by atoms with E-state index in [9.17, 15) is 4.79 Å². The third-order valence-corrected chi connectivity index (χ3v) is 3.40. The molecule has 1 aliphatic rings. The van der Waals surface area contributed by atoms with E-state index in [1.54, 1.807) is 0 Å². The molecule has 1 aliphatic heterocycles. The second-order valence-electron chi connectivity index (χ2n) is 4.99. The lowest BCUT2D eigenvalue weighted by Crippen LogP contribution is -2.23. The van der Waals surface area contributed by atoms with Gasteiger partial charge >= 0.3 is 0 Å². The zero-order valence-corrected chi connectivity index (χ0v) is 10.6. The SMILES string of the molecule is O=C1CCCCCCCCCCCCCN1. The molecule has 0 radical (unpaired) electrons. The molecule has 1 saturated heterocycles. The highest BCUT2D eigenvalue weighted by Gasteiger charge is 2.01. The first-order chi connectivity index (χ1) is 7.89. The lowest BCUT2D eigenvalue weighted by atomic mass is 10.1. The van der Waals surface area contributed by atoms with Crippen molar-refractivity contribution < 1.29 is 4.79 Å². The molecule has 16 heavy (non-hydrogen) atoms. The molecule has 2 nitrogen and oxygen atoms in total. The average Bonchev–Trinajstić information content (AvgIpc) is 2.29. The molecule has 0 aromatic carbocycles. The van der Waals surface area contributed by atoms with E-state index in [1.165, 1.54) is 57.8 Å². The lowest BCUT2D eigenvalue weighted by Gasteiger charge is -2.04. The molecule has 1 amide bonds. The second-order valence-corrected chi connectivity index (χ2v) is 4.99. The van der Waals surface area contributed by atoms with Crippen LogP contribution in [0.5, 0.6) is 0 Å². The van der Waals surface area contributed by atoms with Crippen LogP contribution in [0.2, 0.25) is 0 Å². The van der Waals surface area contributed by atoms with Gasteiger partial charge in [0.1, 0.15) is 0 Å². The number of rotatable bonds is 0. The van der Waals surface area contributed by atoms with Gasteiger partial charge in [0.15, 0.2) is 0 Å². The van der Waals surface area contributed by atoms with E-state index in [4.69, 9.17) is 0 Å². The fourth-order valence-corrected chi connectivity index (χ4v) is 2.32. The summed E-state index contributed by atoms with van der Waals surface area (Å²) in [7, 11) is 0. The minimum atomic E-state index is 0.259. The van der Waals surface area contributed by atoms with Crippen molar-refractivity contribution in [3.63, 3.8) is 0 Å². The van der Waals surface area contributed by atoms with Crippen molar-refractivity contribution >= 4 is 5.91 Å². The Morgan fingerprint density at radius 3 is 1.62 bits per heavy atom. The molecule has 0 bridgehead atoms. The van der Waals surface area contributed by atoms with Crippen LogP contribution in [0.15, 0.2) is 0 Å². The van der Waals surface area contributed by atoms with Crippen LogP contribution in [0.3, 0.4) is 0 Å². The third kappa shape index (κ3) is 7.72. The van der Waals surface area contributed by atoms with Crippen LogP contribution in [-0.4, -0.2) is 12.5 Å². The highest BCUT2D eigenvalue weighted by Crippen LogP contribution is 2.12. The topological polar surface area (TPSA) is 29.1 Å². The summed E-state index contributed by atoms with van der Waals surface area (Å²) in [6.45, 7) is 0.888. The molecule has 94 valence electrons. The van der Waals surface area contributed by atoms with E-state index < -0.39 is 0 Å². The standard InChI is InChI=1S/C14H27NO/c16-14-12-10-8-6-4-2-1-3-5-7-9-11-13-15-14/h1-13H2,(H,15,16). The summed E-state index contributed by atoms with van der Waals surface area (Å²) < 4.78 is 0. The van der Waals surface area contributed by atoms with Gasteiger partial charge in [0.2, 0.25) is 5.91 Å². The summed E-state index contributed by atoms with van der Waals surface area (Å²) in [4.78, 5) is 11.4. The number of carbonyl (C=O) groups is 1. The highest BCUT2D eigenvalue weighted by molar-refractivity contribution is 5.75. The van der Waals surface area contributed by atoms with Crippen molar-refractivity contribution in [1.29, 1.82) is 0 Å². The molecular formula is C14H27NO. The molecule has 1 fully saturated rings. The Morgan fingerprint density at radius 1 is 0.625 bits per heavy atom. The zero-order valence-electron chi connectivity index (χ0n) is 10.6. The molecule has 2 heteroatoms. The molecule has 0 atom stereocenters. The quantitative estimate of drug-likeness (QED) is 0.667. The first-order valence-electron chi connectivity index (χ1n) is 7.16. The Labute approximate surface area is 100 Å². The van der Waals surface area contributed by atoms with Gasteiger partial charge in [0.25, 0.3) is 0 Å². The van der Waals surface area contributed by atoms with E-state index in [2.05, 4.69) is 5.32 Å². The monoisotopic (exact) mass is 225 g/mol. The molecule has 0 saturated carbocycles. The van der Waals surface area contributed by atoms with Gasteiger partial charge in [0, 0.05) is 13.0 Å². The van der Waals surface area contributed by atoms with Crippen LogP contribution in [0.25, 0.3) is 0 Å². The fourth-order valence-electron chi connectivity index (χ4n) is 2.32. The Hall–Kier alpha value is -0.530. The molecule has 0 aromatic rings. The van der Waals surface area contributed by atoms with Crippen LogP contribution >= 0.6 is 0 Å². The fraction of sp³-hybridized carbons (Fsp3) is 0.929. The van der Waals surface area contributed by atoms with E-state index in [0.717, 1.165) is 25.8 Å². The molecule has 1 rings (SSSR count). The van der Waals surface area contributed by atoms with E-state index in [1.807, 2.05) is 0 Å². The minimum Gasteiger partial charge on any atom is -0.356 e. The summed E-state index contributed by atoms with van der Waals surface area (Å²) in [6.07, 6.45) is 15.1. The van der Waals surface area contributed by atoms with Gasteiger partial charge in [0.05, 0.1) is 0 Å². The normalized spacial score (nSPS) is 22.9. The highest BCUT2D eigenvalue weighted by atomic mass is 16.1. The van der Waals surface area contributed by atoms with Crippen molar-refractivity contribution in [3.8, 4) is 0 Å². The van der Waals surface area contributed by atoms with Gasteiger partial charge in [-0.1, -0.05) is 57.8 Å². The molecule has 0 spiro atoms. The van der Waals surface area contributed by atoms with Crippen LogP contribution < -0.4 is 5.32 Å². The summed E-state index contributed by atoms with van der Waals surface area (Å²) in [5.41, 5.74) is 0. The second kappa shape index (κ2) is 9.68. The van der Waals surface area contributed by atoms with Gasteiger partial charge in [-0.25, -0.2) is 0 Å². The van der Waals surface area contributed by atoms with Gasteiger partial charge < -0.3 is 5.32 Å². The Bertz CT molecular complexity index is 162. The van der Waals surface area contributed by atoms with Crippen LogP contribution in [-0.2, 0) is 4.79 Å². The molecule has 1 N–H and O–H groups in total. The summed E-state index contributed by atoms with van der Waals surface area (Å²) in [6, 6.07) is 0. The lowest BCUT2D eigenvalue weighted by molar-refractivity contribution is -0.121. The Morgan fingerprint density at radius 2 is 1.06 bits per heavy atom. The first-order valence-corrected chi connectivity index (χ1v) is 7.16. The number of hydrogen-bond acceptors (Lipinski definition) is 1. The summed E-state index contributed by atoms with van der Waals surface area (Å²) in [5, 5.41) is 3.01. The third-order valence-electron chi connectivity index (χ3n) is 3.40. The summed E-state index contributed by atoms with van der Waals surface area (Å²) in [5.74, 6) is 0.259. The van der Waals surface area contributed by atoms with Crippen molar-refractivity contribution in [2.75, 3.05) is 6.54 Å². The van der Waals surface area contributed by atoms with E-state index in [0.29, 0.717) is 0 Å². The van der Waals surface area contributed by atoms with Gasteiger partial charge in [-0.3, -0.25) is 4.79 Å². The molecule has 0 unspecified atom stereocenters. The van der Waals surface area contributed by atoms with Crippen molar-refractivity contribution in [1.82, 2.24) is 5.32 Å². The predicted octanol–water partition coefficient (Wildman–Crippen LogP) is 3.80.